The van der Waals surface area contributed by atoms with Gasteiger partial charge in [-0.1, -0.05) is 29.8 Å². The van der Waals surface area contributed by atoms with Crippen molar-refractivity contribution in [3.8, 4) is 0 Å². The van der Waals surface area contributed by atoms with E-state index in [1.54, 1.807) is 0 Å². The number of hydrogen-bond acceptors (Lipinski definition) is 2. The first-order chi connectivity index (χ1) is 11.9. The molecule has 26 heavy (non-hydrogen) atoms. The summed E-state index contributed by atoms with van der Waals surface area (Å²) in [4.78, 5) is 8.55. The van der Waals surface area contributed by atoms with Gasteiger partial charge in [0.2, 0.25) is 0 Å². The van der Waals surface area contributed by atoms with Crippen LogP contribution in [0.2, 0.25) is 0 Å². The smallest absolute Gasteiger partial charge is 0.357 e. The molecule has 1 aliphatic rings. The number of alkyl halides is 3. The molecule has 4 nitrogen and oxygen atoms in total. The second-order valence-corrected chi connectivity index (χ2v) is 6.35. The lowest BCUT2D eigenvalue weighted by Crippen LogP contribution is -2.52. The molecule has 2 rings (SSSR count). The number of halogens is 4. The van der Waals surface area contributed by atoms with E-state index in [9.17, 15) is 13.2 Å². The van der Waals surface area contributed by atoms with Gasteiger partial charge in [-0.05, 0) is 19.4 Å². The molecule has 1 saturated heterocycles. The third kappa shape index (κ3) is 8.11. The standard InChI is InChI=1S/C18H27F3N4.HI/c1-3-22-17(23-8-7-18(19,20)21)25-11-9-24(10-12-25)14-16-6-4-5-15(2)13-16;/h4-6,13H,3,7-12,14H2,1-2H3,(H,22,23);1H. The molecule has 1 aromatic rings. The number of nitrogens with one attached hydrogen (secondary N) is 1. The van der Waals surface area contributed by atoms with Gasteiger partial charge in [-0.3, -0.25) is 9.89 Å². The predicted octanol–water partition coefficient (Wildman–Crippen LogP) is 3.65. The molecule has 0 atom stereocenters. The molecular formula is C18H28F3IN4. The maximum atomic E-state index is 12.3. The molecule has 0 radical (unpaired) electrons. The van der Waals surface area contributed by atoms with Gasteiger partial charge in [0.15, 0.2) is 5.96 Å². The van der Waals surface area contributed by atoms with Gasteiger partial charge in [0.05, 0.1) is 13.0 Å². The average molecular weight is 484 g/mol. The zero-order valence-corrected chi connectivity index (χ0v) is 17.7. The molecule has 148 valence electrons. The maximum Gasteiger partial charge on any atom is 0.390 e. The van der Waals surface area contributed by atoms with Crippen LogP contribution in [0.1, 0.15) is 24.5 Å². The monoisotopic (exact) mass is 484 g/mol. The summed E-state index contributed by atoms with van der Waals surface area (Å²) in [5, 5.41) is 3.10. The lowest BCUT2D eigenvalue weighted by atomic mass is 10.1. The van der Waals surface area contributed by atoms with Crippen LogP contribution in [-0.4, -0.2) is 61.2 Å². The van der Waals surface area contributed by atoms with Crippen LogP contribution in [0, 0.1) is 6.92 Å². The van der Waals surface area contributed by atoms with Crippen LogP contribution >= 0.6 is 24.0 Å². The van der Waals surface area contributed by atoms with E-state index in [0.29, 0.717) is 12.5 Å². The maximum absolute atomic E-state index is 12.3. The number of hydrogen-bond donors (Lipinski definition) is 1. The minimum atomic E-state index is -4.16. The molecule has 8 heteroatoms. The number of guanidine groups is 1. The highest BCUT2D eigenvalue weighted by Gasteiger charge is 2.26. The molecule has 0 aromatic heterocycles. The number of aryl methyl sites for hydroxylation is 1. The van der Waals surface area contributed by atoms with Crippen molar-refractivity contribution in [2.75, 3.05) is 39.3 Å². The fourth-order valence-corrected chi connectivity index (χ4v) is 2.90. The highest BCUT2D eigenvalue weighted by Crippen LogP contribution is 2.19. The Bertz CT molecular complexity index is 570. The Morgan fingerprint density at radius 1 is 1.19 bits per heavy atom. The summed E-state index contributed by atoms with van der Waals surface area (Å²) >= 11 is 0. The van der Waals surface area contributed by atoms with Crippen LogP contribution < -0.4 is 5.32 Å². The van der Waals surface area contributed by atoms with Gasteiger partial charge in [0, 0.05) is 39.3 Å². The van der Waals surface area contributed by atoms with Crippen molar-refractivity contribution in [2.45, 2.75) is 33.0 Å². The topological polar surface area (TPSA) is 30.9 Å². The van der Waals surface area contributed by atoms with Gasteiger partial charge in [-0.25, -0.2) is 0 Å². The van der Waals surface area contributed by atoms with Gasteiger partial charge in [0.1, 0.15) is 0 Å². The second-order valence-electron chi connectivity index (χ2n) is 6.35. The molecule has 0 unspecified atom stereocenters. The number of nitrogens with zero attached hydrogens (tertiary/aromatic N) is 3. The molecule has 0 spiro atoms. The number of benzene rings is 1. The van der Waals surface area contributed by atoms with Crippen LogP contribution in [0.5, 0.6) is 0 Å². The molecule has 1 N–H and O–H groups in total. The molecule has 0 saturated carbocycles. The zero-order chi connectivity index (χ0) is 18.3. The molecule has 0 amide bonds. The number of piperazine rings is 1. The first-order valence-corrected chi connectivity index (χ1v) is 8.75. The molecule has 0 bridgehead atoms. The Balaban J connectivity index is 0.00000338. The largest absolute Gasteiger partial charge is 0.390 e. The summed E-state index contributed by atoms with van der Waals surface area (Å²) in [7, 11) is 0. The number of aliphatic imine (C=N–C) groups is 1. The van der Waals surface area contributed by atoms with Gasteiger partial charge in [0.25, 0.3) is 0 Å². The first kappa shape index (κ1) is 23.0. The van der Waals surface area contributed by atoms with Gasteiger partial charge in [-0.2, -0.15) is 13.2 Å². The van der Waals surface area contributed by atoms with E-state index in [1.807, 2.05) is 11.8 Å². The second kappa shape index (κ2) is 11.0. The van der Waals surface area contributed by atoms with E-state index in [0.717, 1.165) is 32.7 Å². The lowest BCUT2D eigenvalue weighted by molar-refractivity contribution is -0.132. The van der Waals surface area contributed by atoms with Gasteiger partial charge >= 0.3 is 6.18 Å². The van der Waals surface area contributed by atoms with Gasteiger partial charge in [-0.15, -0.1) is 24.0 Å². The summed E-state index contributed by atoms with van der Waals surface area (Å²) in [6, 6.07) is 8.47. The minimum absolute atomic E-state index is 0. The fraction of sp³-hybridized carbons (Fsp3) is 0.611. The normalized spacial score (nSPS) is 16.3. The van der Waals surface area contributed by atoms with Crippen molar-refractivity contribution in [3.63, 3.8) is 0 Å². The Hall–Kier alpha value is -1.03. The Labute approximate surface area is 170 Å². The Morgan fingerprint density at radius 3 is 2.46 bits per heavy atom. The molecule has 1 aromatic carbocycles. The molecule has 0 aliphatic carbocycles. The van der Waals surface area contributed by atoms with Crippen molar-refractivity contribution in [2.24, 2.45) is 4.99 Å². The zero-order valence-electron chi connectivity index (χ0n) is 15.4. The van der Waals surface area contributed by atoms with E-state index in [2.05, 4.69) is 46.4 Å². The van der Waals surface area contributed by atoms with E-state index < -0.39 is 12.6 Å². The van der Waals surface area contributed by atoms with Crippen LogP contribution in [0.25, 0.3) is 0 Å². The van der Waals surface area contributed by atoms with E-state index in [4.69, 9.17) is 0 Å². The summed E-state index contributed by atoms with van der Waals surface area (Å²) < 4.78 is 36.9. The third-order valence-electron chi connectivity index (χ3n) is 4.15. The van der Waals surface area contributed by atoms with E-state index >= 15 is 0 Å². The SMILES string of the molecule is CCNC(=NCCC(F)(F)F)N1CCN(Cc2cccc(C)c2)CC1.I. The van der Waals surface area contributed by atoms with E-state index in [1.165, 1.54) is 11.1 Å². The summed E-state index contributed by atoms with van der Waals surface area (Å²) in [5.74, 6) is 0.585. The van der Waals surface area contributed by atoms with Gasteiger partial charge < -0.3 is 10.2 Å². The highest BCUT2D eigenvalue weighted by atomic mass is 127. The lowest BCUT2D eigenvalue weighted by Gasteiger charge is -2.36. The summed E-state index contributed by atoms with van der Waals surface area (Å²) in [6.45, 7) is 8.61. The van der Waals surface area contributed by atoms with E-state index in [-0.39, 0.29) is 30.5 Å². The summed E-state index contributed by atoms with van der Waals surface area (Å²) in [5.41, 5.74) is 2.54. The van der Waals surface area contributed by atoms with Crippen LogP contribution in [0.3, 0.4) is 0 Å². The van der Waals surface area contributed by atoms with Crippen molar-refractivity contribution in [1.29, 1.82) is 0 Å². The first-order valence-electron chi connectivity index (χ1n) is 8.75. The molecule has 1 aliphatic heterocycles. The highest BCUT2D eigenvalue weighted by molar-refractivity contribution is 14.0. The van der Waals surface area contributed by atoms with Crippen LogP contribution in [0.4, 0.5) is 13.2 Å². The predicted molar refractivity (Wildman–Crippen MR) is 110 cm³/mol. The average Bonchev–Trinajstić information content (AvgIpc) is 2.54. The molecule has 1 fully saturated rings. The van der Waals surface area contributed by atoms with Crippen molar-refractivity contribution < 1.29 is 13.2 Å². The quantitative estimate of drug-likeness (QED) is 0.394. The van der Waals surface area contributed by atoms with Crippen LogP contribution in [0.15, 0.2) is 29.3 Å². The summed E-state index contributed by atoms with van der Waals surface area (Å²) in [6.07, 6.45) is -5.04. The van der Waals surface area contributed by atoms with Crippen molar-refractivity contribution in [1.82, 2.24) is 15.1 Å². The molecular weight excluding hydrogens is 456 g/mol. The Morgan fingerprint density at radius 2 is 1.88 bits per heavy atom. The number of rotatable bonds is 5. The van der Waals surface area contributed by atoms with Crippen molar-refractivity contribution >= 4 is 29.9 Å². The van der Waals surface area contributed by atoms with Crippen LogP contribution in [-0.2, 0) is 6.54 Å². The minimum Gasteiger partial charge on any atom is -0.357 e. The third-order valence-corrected chi connectivity index (χ3v) is 4.15. The molecule has 1 heterocycles. The van der Waals surface area contributed by atoms with Crippen molar-refractivity contribution in [3.05, 3.63) is 35.4 Å². The fourth-order valence-electron chi connectivity index (χ4n) is 2.90. The Kier molecular flexibility index (Phi) is 9.70.